The number of nitrogens with zero attached hydrogens (tertiary/aromatic N) is 2. The largest absolute Gasteiger partial charge is 0.496 e. The topological polar surface area (TPSA) is 89.8 Å². The molecular weight excluding hydrogens is 516 g/mol. The number of para-hydroxylation sites is 1. The third-order valence-corrected chi connectivity index (χ3v) is 6.72. The first-order chi connectivity index (χ1) is 17.0. The molecule has 0 aromatic heterocycles. The Morgan fingerprint density at radius 2 is 1.80 bits per heavy atom. The van der Waals surface area contributed by atoms with Gasteiger partial charge in [0.25, 0.3) is 0 Å². The van der Waals surface area contributed by atoms with E-state index in [-0.39, 0.29) is 17.4 Å². The lowest BCUT2D eigenvalue weighted by Gasteiger charge is -2.38. The van der Waals surface area contributed by atoms with Crippen LogP contribution in [0.4, 0.5) is 0 Å². The molecule has 0 aliphatic carbocycles. The first kappa shape index (κ1) is 23.0. The predicted octanol–water partition coefficient (Wildman–Crippen LogP) is 5.42. The first-order valence-electron chi connectivity index (χ1n) is 10.9. The van der Waals surface area contributed by atoms with Crippen LogP contribution in [0, 0.1) is 0 Å². The number of carboxylic acid groups (broad SMARTS) is 1. The van der Waals surface area contributed by atoms with Crippen LogP contribution in [0.2, 0.25) is 0 Å². The number of halogens is 1. The first-order valence-corrected chi connectivity index (χ1v) is 11.7. The fourth-order valence-electron chi connectivity index (χ4n) is 4.68. The van der Waals surface area contributed by atoms with Crippen molar-refractivity contribution in [1.29, 1.82) is 0 Å². The average molecular weight is 539 g/mol. The highest BCUT2D eigenvalue weighted by molar-refractivity contribution is 9.10. The van der Waals surface area contributed by atoms with E-state index in [9.17, 15) is 9.90 Å². The van der Waals surface area contributed by atoms with Crippen LogP contribution in [0.1, 0.15) is 45.7 Å². The number of rotatable bonds is 6. The number of hydrazone groups is 1. The SMILES string of the molecule is COc1ccccc1C1=NN2C(C1)c1cc(Br)ccc1OC2c1ccc(OC)c(OC)c1C(=O)O. The van der Waals surface area contributed by atoms with Crippen molar-refractivity contribution in [3.8, 4) is 23.0 Å². The number of fused-ring (bicyclic) bond motifs is 3. The molecule has 2 heterocycles. The standard InChI is InChI=1S/C26H23BrN2O6/c1-32-20-7-5-4-6-15(20)18-13-19-17-12-14(27)8-10-21(17)35-25(29(19)28-18)16-9-11-22(33-2)24(34-3)23(16)26(30)31/h4-12,19,25H,13H2,1-3H3,(H,30,31). The van der Waals surface area contributed by atoms with Crippen molar-refractivity contribution in [2.75, 3.05) is 21.3 Å². The number of methoxy groups -OCH3 is 3. The Morgan fingerprint density at radius 3 is 2.51 bits per heavy atom. The van der Waals surface area contributed by atoms with E-state index in [2.05, 4.69) is 15.9 Å². The van der Waals surface area contributed by atoms with Gasteiger partial charge in [0, 0.05) is 27.6 Å². The van der Waals surface area contributed by atoms with Crippen molar-refractivity contribution in [2.24, 2.45) is 5.10 Å². The molecule has 0 saturated heterocycles. The van der Waals surface area contributed by atoms with Crippen LogP contribution in [0.15, 0.2) is 64.2 Å². The number of ether oxygens (including phenoxy) is 4. The number of hydrogen-bond acceptors (Lipinski definition) is 7. The van der Waals surface area contributed by atoms with Gasteiger partial charge in [-0.05, 0) is 42.5 Å². The monoisotopic (exact) mass is 538 g/mol. The van der Waals surface area contributed by atoms with E-state index >= 15 is 0 Å². The number of carbonyl (C=O) groups is 1. The molecule has 0 spiro atoms. The Bertz CT molecular complexity index is 1340. The van der Waals surface area contributed by atoms with E-state index in [1.54, 1.807) is 19.2 Å². The van der Waals surface area contributed by atoms with Crippen LogP contribution in [0.3, 0.4) is 0 Å². The van der Waals surface area contributed by atoms with Crippen LogP contribution in [0.5, 0.6) is 23.0 Å². The van der Waals surface area contributed by atoms with Crippen molar-refractivity contribution >= 4 is 27.6 Å². The highest BCUT2D eigenvalue weighted by Gasteiger charge is 2.43. The molecule has 180 valence electrons. The summed E-state index contributed by atoms with van der Waals surface area (Å²) in [7, 11) is 4.51. The van der Waals surface area contributed by atoms with Gasteiger partial charge in [0.2, 0.25) is 6.23 Å². The minimum Gasteiger partial charge on any atom is -0.496 e. The van der Waals surface area contributed by atoms with Crippen molar-refractivity contribution < 1.29 is 28.8 Å². The number of benzene rings is 3. The zero-order valence-electron chi connectivity index (χ0n) is 19.3. The quantitative estimate of drug-likeness (QED) is 0.448. The molecule has 0 amide bonds. The van der Waals surface area contributed by atoms with Crippen LogP contribution >= 0.6 is 15.9 Å². The predicted molar refractivity (Wildman–Crippen MR) is 133 cm³/mol. The summed E-state index contributed by atoms with van der Waals surface area (Å²) >= 11 is 3.56. The van der Waals surface area contributed by atoms with Gasteiger partial charge in [-0.15, -0.1) is 0 Å². The molecule has 0 fully saturated rings. The molecular formula is C26H23BrN2O6. The molecule has 8 nitrogen and oxygen atoms in total. The van der Waals surface area contributed by atoms with E-state index in [1.807, 2.05) is 47.5 Å². The maximum Gasteiger partial charge on any atom is 0.340 e. The maximum absolute atomic E-state index is 12.4. The molecule has 3 aromatic carbocycles. The average Bonchev–Trinajstić information content (AvgIpc) is 3.33. The fourth-order valence-corrected chi connectivity index (χ4v) is 5.06. The lowest BCUT2D eigenvalue weighted by molar-refractivity contribution is -0.0199. The molecule has 0 bridgehead atoms. The van der Waals surface area contributed by atoms with Gasteiger partial charge in [-0.1, -0.05) is 28.1 Å². The summed E-state index contributed by atoms with van der Waals surface area (Å²) < 4.78 is 23.7. The molecule has 35 heavy (non-hydrogen) atoms. The second kappa shape index (κ2) is 9.14. The lowest BCUT2D eigenvalue weighted by atomic mass is 9.94. The number of hydrogen-bond donors (Lipinski definition) is 1. The van der Waals surface area contributed by atoms with E-state index in [0.29, 0.717) is 23.5 Å². The van der Waals surface area contributed by atoms with E-state index in [0.717, 1.165) is 27.1 Å². The fraction of sp³-hybridized carbons (Fsp3) is 0.231. The van der Waals surface area contributed by atoms with Crippen molar-refractivity contribution in [3.05, 3.63) is 81.3 Å². The van der Waals surface area contributed by atoms with Crippen LogP contribution in [0.25, 0.3) is 0 Å². The molecule has 9 heteroatoms. The van der Waals surface area contributed by atoms with E-state index in [1.165, 1.54) is 14.2 Å². The maximum atomic E-state index is 12.4. The summed E-state index contributed by atoms with van der Waals surface area (Å²) in [5.74, 6) is 0.695. The van der Waals surface area contributed by atoms with Gasteiger partial charge in [0.05, 0.1) is 33.1 Å². The summed E-state index contributed by atoms with van der Waals surface area (Å²) in [5, 5.41) is 16.9. The van der Waals surface area contributed by atoms with Crippen molar-refractivity contribution in [2.45, 2.75) is 18.7 Å². The van der Waals surface area contributed by atoms with E-state index < -0.39 is 12.2 Å². The molecule has 2 aliphatic heterocycles. The molecule has 5 rings (SSSR count). The summed E-state index contributed by atoms with van der Waals surface area (Å²) in [6.07, 6.45) is -0.203. The summed E-state index contributed by atoms with van der Waals surface area (Å²) in [5.41, 5.74) is 3.05. The van der Waals surface area contributed by atoms with Gasteiger partial charge in [-0.3, -0.25) is 0 Å². The Kier molecular flexibility index (Phi) is 6.02. The summed E-state index contributed by atoms with van der Waals surface area (Å²) in [4.78, 5) is 12.4. The van der Waals surface area contributed by atoms with Crippen LogP contribution in [-0.4, -0.2) is 43.1 Å². The van der Waals surface area contributed by atoms with Gasteiger partial charge in [0.1, 0.15) is 17.1 Å². The molecule has 0 radical (unpaired) electrons. The minimum atomic E-state index is -1.15. The van der Waals surface area contributed by atoms with Gasteiger partial charge in [0.15, 0.2) is 11.5 Å². The van der Waals surface area contributed by atoms with Crippen molar-refractivity contribution in [1.82, 2.24) is 5.01 Å². The third kappa shape index (κ3) is 3.85. The van der Waals surface area contributed by atoms with E-state index in [4.69, 9.17) is 24.0 Å². The smallest absolute Gasteiger partial charge is 0.340 e. The molecule has 2 atom stereocenters. The highest BCUT2D eigenvalue weighted by Crippen LogP contribution is 2.50. The molecule has 2 unspecified atom stereocenters. The van der Waals surface area contributed by atoms with Gasteiger partial charge < -0.3 is 24.1 Å². The normalized spacial score (nSPS) is 18.2. The Hall–Kier alpha value is -3.72. The molecule has 1 N–H and O–H groups in total. The second-order valence-corrected chi connectivity index (χ2v) is 8.99. The molecule has 0 saturated carbocycles. The number of aromatic carboxylic acids is 1. The van der Waals surface area contributed by atoms with Gasteiger partial charge in [-0.2, -0.15) is 5.10 Å². The second-order valence-electron chi connectivity index (χ2n) is 8.07. The van der Waals surface area contributed by atoms with Gasteiger partial charge >= 0.3 is 5.97 Å². The minimum absolute atomic E-state index is 0.0305. The zero-order chi connectivity index (χ0) is 24.7. The highest BCUT2D eigenvalue weighted by atomic mass is 79.9. The Labute approximate surface area is 210 Å². The van der Waals surface area contributed by atoms with Crippen molar-refractivity contribution in [3.63, 3.8) is 0 Å². The van der Waals surface area contributed by atoms with Crippen LogP contribution < -0.4 is 18.9 Å². The zero-order valence-corrected chi connectivity index (χ0v) is 20.9. The molecule has 3 aromatic rings. The Morgan fingerprint density at radius 1 is 1.03 bits per heavy atom. The summed E-state index contributed by atoms with van der Waals surface area (Å²) in [6, 6.07) is 16.7. The number of carboxylic acids is 1. The molecule has 2 aliphatic rings. The summed E-state index contributed by atoms with van der Waals surface area (Å²) in [6.45, 7) is 0. The third-order valence-electron chi connectivity index (χ3n) is 6.23. The Balaban J connectivity index is 1.69. The van der Waals surface area contributed by atoms with Gasteiger partial charge in [-0.25, -0.2) is 9.80 Å². The lowest BCUT2D eigenvalue weighted by Crippen LogP contribution is -2.34. The van der Waals surface area contributed by atoms with Crippen LogP contribution in [-0.2, 0) is 0 Å².